The van der Waals surface area contributed by atoms with Crippen LogP contribution in [0.25, 0.3) is 10.9 Å². The quantitative estimate of drug-likeness (QED) is 0.479. The SMILES string of the molecule is CC(C)CN1C(=O)C2(CCN(C(=O)[C@@H](N)Cc3c[nH]c4ccccc34)CC2)C[C@@H](O)[C@@H]1c1ccccc1. The average Bonchev–Trinajstić information content (AvgIpc) is 3.30. The molecule has 2 aliphatic heterocycles. The third kappa shape index (κ3) is 4.90. The number of aliphatic hydroxyl groups is 1. The molecule has 0 unspecified atom stereocenters. The summed E-state index contributed by atoms with van der Waals surface area (Å²) in [5.41, 5.74) is 8.78. The summed E-state index contributed by atoms with van der Waals surface area (Å²) in [6.45, 7) is 5.74. The van der Waals surface area contributed by atoms with E-state index in [-0.39, 0.29) is 23.8 Å². The lowest BCUT2D eigenvalue weighted by atomic mass is 9.68. The van der Waals surface area contributed by atoms with Crippen LogP contribution in [0.1, 0.15) is 50.3 Å². The number of amides is 2. The van der Waals surface area contributed by atoms with E-state index >= 15 is 0 Å². The molecule has 2 saturated heterocycles. The normalized spacial score (nSPS) is 22.7. The number of rotatable bonds is 6. The fourth-order valence-electron chi connectivity index (χ4n) is 6.31. The summed E-state index contributed by atoms with van der Waals surface area (Å²) in [5, 5.41) is 12.4. The van der Waals surface area contributed by atoms with Crippen LogP contribution < -0.4 is 5.73 Å². The molecule has 0 aliphatic carbocycles. The number of nitrogens with one attached hydrogen (secondary N) is 1. The summed E-state index contributed by atoms with van der Waals surface area (Å²) in [6.07, 6.45) is 3.25. The Balaban J connectivity index is 1.28. The largest absolute Gasteiger partial charge is 0.391 e. The zero-order valence-corrected chi connectivity index (χ0v) is 21.8. The van der Waals surface area contributed by atoms with Crippen molar-refractivity contribution in [3.63, 3.8) is 0 Å². The second kappa shape index (κ2) is 10.3. The first-order valence-corrected chi connectivity index (χ1v) is 13.4. The third-order valence-electron chi connectivity index (χ3n) is 8.18. The first-order chi connectivity index (χ1) is 17.8. The van der Waals surface area contributed by atoms with Crippen LogP contribution in [0.3, 0.4) is 0 Å². The number of fused-ring (bicyclic) bond motifs is 1. The van der Waals surface area contributed by atoms with Gasteiger partial charge in [-0.2, -0.15) is 0 Å². The molecule has 5 rings (SSSR count). The number of aromatic nitrogens is 1. The number of piperidine rings is 2. The molecule has 0 radical (unpaired) electrons. The summed E-state index contributed by atoms with van der Waals surface area (Å²) >= 11 is 0. The molecule has 1 spiro atoms. The molecule has 2 aromatic carbocycles. The topological polar surface area (TPSA) is 103 Å². The molecule has 7 heteroatoms. The molecular formula is C30H38N4O3. The van der Waals surface area contributed by atoms with E-state index in [0.29, 0.717) is 45.3 Å². The molecule has 37 heavy (non-hydrogen) atoms. The number of H-pyrrole nitrogens is 1. The maximum absolute atomic E-state index is 14.0. The molecule has 3 atom stereocenters. The van der Waals surface area contributed by atoms with Crippen molar-refractivity contribution in [2.24, 2.45) is 17.1 Å². The van der Waals surface area contributed by atoms with Crippen molar-refractivity contribution in [1.29, 1.82) is 0 Å². The first kappa shape index (κ1) is 25.5. The number of para-hydroxylation sites is 1. The van der Waals surface area contributed by atoms with Gasteiger partial charge in [-0.05, 0) is 48.8 Å². The van der Waals surface area contributed by atoms with Crippen LogP contribution in [0.2, 0.25) is 0 Å². The molecular weight excluding hydrogens is 464 g/mol. The van der Waals surface area contributed by atoms with E-state index < -0.39 is 17.6 Å². The zero-order valence-electron chi connectivity index (χ0n) is 21.8. The number of aliphatic hydroxyl groups excluding tert-OH is 1. The van der Waals surface area contributed by atoms with E-state index in [0.717, 1.165) is 22.0 Å². The van der Waals surface area contributed by atoms with Crippen LogP contribution in [0.15, 0.2) is 60.8 Å². The fraction of sp³-hybridized carbons (Fsp3) is 0.467. The minimum absolute atomic E-state index is 0.0786. The van der Waals surface area contributed by atoms with Gasteiger partial charge in [-0.15, -0.1) is 0 Å². The number of nitrogens with two attached hydrogens (primary N) is 1. The average molecular weight is 503 g/mol. The Morgan fingerprint density at radius 2 is 1.78 bits per heavy atom. The molecule has 4 N–H and O–H groups in total. The zero-order chi connectivity index (χ0) is 26.2. The van der Waals surface area contributed by atoms with Crippen molar-refractivity contribution < 1.29 is 14.7 Å². The number of nitrogens with zero attached hydrogens (tertiary/aromatic N) is 2. The molecule has 0 saturated carbocycles. The Morgan fingerprint density at radius 1 is 1.11 bits per heavy atom. The Labute approximate surface area is 218 Å². The van der Waals surface area contributed by atoms with Crippen molar-refractivity contribution in [3.8, 4) is 0 Å². The van der Waals surface area contributed by atoms with Crippen molar-refractivity contribution in [3.05, 3.63) is 71.9 Å². The van der Waals surface area contributed by atoms with Gasteiger partial charge in [0.2, 0.25) is 11.8 Å². The highest BCUT2D eigenvalue weighted by atomic mass is 16.3. The van der Waals surface area contributed by atoms with Crippen molar-refractivity contribution in [2.45, 2.75) is 57.7 Å². The van der Waals surface area contributed by atoms with Gasteiger partial charge in [-0.25, -0.2) is 0 Å². The van der Waals surface area contributed by atoms with Gasteiger partial charge in [0, 0.05) is 36.7 Å². The maximum Gasteiger partial charge on any atom is 0.239 e. The molecule has 3 aromatic rings. The Kier molecular flexibility index (Phi) is 7.10. The maximum atomic E-state index is 14.0. The Bertz CT molecular complexity index is 1250. The van der Waals surface area contributed by atoms with Gasteiger partial charge in [0.05, 0.1) is 23.6 Å². The van der Waals surface area contributed by atoms with Crippen molar-refractivity contribution in [1.82, 2.24) is 14.8 Å². The van der Waals surface area contributed by atoms with E-state index in [9.17, 15) is 14.7 Å². The van der Waals surface area contributed by atoms with Gasteiger partial charge in [0.1, 0.15) is 0 Å². The van der Waals surface area contributed by atoms with E-state index in [1.54, 1.807) is 4.90 Å². The van der Waals surface area contributed by atoms with Crippen LogP contribution >= 0.6 is 0 Å². The number of aromatic amines is 1. The number of likely N-dealkylation sites (tertiary alicyclic amines) is 2. The minimum Gasteiger partial charge on any atom is -0.391 e. The van der Waals surface area contributed by atoms with Gasteiger partial charge < -0.3 is 25.6 Å². The second-order valence-corrected chi connectivity index (χ2v) is 11.3. The van der Waals surface area contributed by atoms with Crippen LogP contribution in [0, 0.1) is 11.3 Å². The fourth-order valence-corrected chi connectivity index (χ4v) is 6.31. The highest BCUT2D eigenvalue weighted by molar-refractivity contribution is 5.87. The summed E-state index contributed by atoms with van der Waals surface area (Å²) < 4.78 is 0. The summed E-state index contributed by atoms with van der Waals surface area (Å²) in [7, 11) is 0. The molecule has 3 heterocycles. The van der Waals surface area contributed by atoms with Gasteiger partial charge >= 0.3 is 0 Å². The molecule has 2 aliphatic rings. The number of carbonyl (C=O) groups excluding carboxylic acids is 2. The Hall–Kier alpha value is -3.16. The van der Waals surface area contributed by atoms with Gasteiger partial charge in [-0.1, -0.05) is 62.4 Å². The molecule has 2 fully saturated rings. The first-order valence-electron chi connectivity index (χ1n) is 13.4. The molecule has 1 aromatic heterocycles. The summed E-state index contributed by atoms with van der Waals surface area (Å²) in [6, 6.07) is 16.9. The van der Waals surface area contributed by atoms with E-state index in [1.165, 1.54) is 0 Å². The minimum atomic E-state index is -0.648. The van der Waals surface area contributed by atoms with E-state index in [4.69, 9.17) is 5.73 Å². The van der Waals surface area contributed by atoms with Gasteiger partial charge in [0.15, 0.2) is 0 Å². The standard InChI is InChI=1S/C30H38N4O3/c1-20(2)19-34-27(21-8-4-3-5-9-21)26(35)17-30(29(34)37)12-14-33(15-13-30)28(36)24(31)16-22-18-32-25-11-7-6-10-23(22)25/h3-11,18,20,24,26-27,32,35H,12-17,19,31H2,1-2H3/t24-,26+,27-/m0/s1. The van der Waals surface area contributed by atoms with Gasteiger partial charge in [0.25, 0.3) is 0 Å². The van der Waals surface area contributed by atoms with E-state index in [1.807, 2.05) is 65.7 Å². The van der Waals surface area contributed by atoms with Crippen molar-refractivity contribution in [2.75, 3.05) is 19.6 Å². The second-order valence-electron chi connectivity index (χ2n) is 11.3. The highest BCUT2D eigenvalue weighted by Crippen LogP contribution is 2.47. The Morgan fingerprint density at radius 3 is 2.49 bits per heavy atom. The van der Waals surface area contributed by atoms with Crippen molar-refractivity contribution >= 4 is 22.7 Å². The van der Waals surface area contributed by atoms with Crippen LogP contribution in [-0.2, 0) is 16.0 Å². The number of benzene rings is 2. The molecule has 7 nitrogen and oxygen atoms in total. The number of hydrogen-bond donors (Lipinski definition) is 3. The predicted molar refractivity (Wildman–Crippen MR) is 145 cm³/mol. The molecule has 2 amide bonds. The smallest absolute Gasteiger partial charge is 0.239 e. The highest BCUT2D eigenvalue weighted by Gasteiger charge is 2.52. The molecule has 196 valence electrons. The van der Waals surface area contributed by atoms with Gasteiger partial charge in [-0.3, -0.25) is 9.59 Å². The number of carbonyl (C=O) groups is 2. The lowest BCUT2D eigenvalue weighted by molar-refractivity contribution is -0.166. The predicted octanol–water partition coefficient (Wildman–Crippen LogP) is 3.64. The monoisotopic (exact) mass is 502 g/mol. The van der Waals surface area contributed by atoms with Crippen LogP contribution in [0.5, 0.6) is 0 Å². The third-order valence-corrected chi connectivity index (χ3v) is 8.18. The lowest BCUT2D eigenvalue weighted by Crippen LogP contribution is -2.60. The van der Waals surface area contributed by atoms with Crippen LogP contribution in [0.4, 0.5) is 0 Å². The lowest BCUT2D eigenvalue weighted by Gasteiger charge is -2.52. The number of hydrogen-bond acceptors (Lipinski definition) is 4. The van der Waals surface area contributed by atoms with Crippen LogP contribution in [-0.4, -0.2) is 63.5 Å². The molecule has 0 bridgehead atoms. The summed E-state index contributed by atoms with van der Waals surface area (Å²) in [4.78, 5) is 34.2. The summed E-state index contributed by atoms with van der Waals surface area (Å²) in [5.74, 6) is 0.308. The van der Waals surface area contributed by atoms with E-state index in [2.05, 4.69) is 18.8 Å².